The molecule has 1 aromatic carbocycles. The molecular weight excluding hydrogens is 326 g/mol. The Hall–Kier alpha value is -0.520. The zero-order valence-electron chi connectivity index (χ0n) is 14.4. The molecule has 1 aliphatic rings. The maximum atomic E-state index is 11.9. The van der Waals surface area contributed by atoms with Crippen LogP contribution in [0.4, 0.5) is 0 Å². The van der Waals surface area contributed by atoms with Gasteiger partial charge in [0.25, 0.3) is 0 Å². The van der Waals surface area contributed by atoms with Crippen LogP contribution in [0.2, 0.25) is 0 Å². The van der Waals surface area contributed by atoms with Gasteiger partial charge in [-0.25, -0.2) is 13.1 Å². The van der Waals surface area contributed by atoms with Crippen molar-refractivity contribution in [1.82, 2.24) is 4.72 Å². The average molecular weight is 356 g/mol. The predicted octanol–water partition coefficient (Wildman–Crippen LogP) is 4.40. The molecule has 3 nitrogen and oxygen atoms in total. The molecule has 0 aliphatic heterocycles. The van der Waals surface area contributed by atoms with Gasteiger partial charge in [0.2, 0.25) is 10.0 Å². The van der Waals surface area contributed by atoms with Crippen molar-refractivity contribution < 1.29 is 8.42 Å². The second-order valence-corrected chi connectivity index (χ2v) is 9.84. The van der Waals surface area contributed by atoms with E-state index in [1.54, 1.807) is 6.92 Å². The van der Waals surface area contributed by atoms with Crippen molar-refractivity contribution in [2.75, 3.05) is 11.5 Å². The van der Waals surface area contributed by atoms with Crippen molar-refractivity contribution in [3.8, 4) is 0 Å². The minimum absolute atomic E-state index is 0.108. The summed E-state index contributed by atoms with van der Waals surface area (Å²) in [4.78, 5) is 1.28. The Labute approximate surface area is 145 Å². The van der Waals surface area contributed by atoms with E-state index in [0.717, 1.165) is 25.0 Å². The zero-order valence-corrected chi connectivity index (χ0v) is 16.1. The molecule has 1 N–H and O–H groups in total. The normalized spacial score (nSPS) is 22.4. The number of sulfonamides is 1. The summed E-state index contributed by atoms with van der Waals surface area (Å²) < 4.78 is 26.7. The van der Waals surface area contributed by atoms with Gasteiger partial charge in [0, 0.05) is 16.7 Å². The molecule has 23 heavy (non-hydrogen) atoms. The van der Waals surface area contributed by atoms with Crippen LogP contribution in [0.5, 0.6) is 0 Å². The molecular formula is C18H29NO2S2. The van der Waals surface area contributed by atoms with Gasteiger partial charge in [-0.3, -0.25) is 0 Å². The van der Waals surface area contributed by atoms with E-state index in [2.05, 4.69) is 42.8 Å². The summed E-state index contributed by atoms with van der Waals surface area (Å²) in [5.74, 6) is 2.14. The molecule has 0 aromatic heterocycles. The van der Waals surface area contributed by atoms with Gasteiger partial charge in [0.15, 0.2) is 0 Å². The van der Waals surface area contributed by atoms with Crippen LogP contribution in [0.25, 0.3) is 0 Å². The Morgan fingerprint density at radius 3 is 2.43 bits per heavy atom. The van der Waals surface area contributed by atoms with Gasteiger partial charge in [-0.1, -0.05) is 38.8 Å². The number of benzene rings is 1. The van der Waals surface area contributed by atoms with Gasteiger partial charge in [-0.15, -0.1) is 11.8 Å². The second kappa shape index (κ2) is 8.54. The van der Waals surface area contributed by atoms with E-state index in [9.17, 15) is 8.42 Å². The lowest BCUT2D eigenvalue weighted by molar-refractivity contribution is 0.315. The molecule has 5 heteroatoms. The summed E-state index contributed by atoms with van der Waals surface area (Å²) in [5.41, 5.74) is 1.36. The average Bonchev–Trinajstić information content (AvgIpc) is 2.54. The van der Waals surface area contributed by atoms with Crippen molar-refractivity contribution in [3.63, 3.8) is 0 Å². The molecule has 0 saturated heterocycles. The third-order valence-corrected chi connectivity index (χ3v) is 7.25. The number of hydrogen-bond acceptors (Lipinski definition) is 3. The zero-order chi connectivity index (χ0) is 16.9. The molecule has 1 saturated carbocycles. The van der Waals surface area contributed by atoms with Crippen LogP contribution < -0.4 is 4.72 Å². The smallest absolute Gasteiger partial charge is 0.211 e. The Morgan fingerprint density at radius 2 is 1.83 bits per heavy atom. The van der Waals surface area contributed by atoms with E-state index in [1.807, 2.05) is 11.8 Å². The lowest BCUT2D eigenvalue weighted by atomic mass is 9.86. The summed E-state index contributed by atoms with van der Waals surface area (Å²) in [6.45, 7) is 6.11. The van der Waals surface area contributed by atoms with Crippen LogP contribution in [0.15, 0.2) is 29.2 Å². The summed E-state index contributed by atoms with van der Waals surface area (Å²) >= 11 is 1.85. The van der Waals surface area contributed by atoms with Crippen molar-refractivity contribution in [3.05, 3.63) is 29.8 Å². The highest BCUT2D eigenvalue weighted by Crippen LogP contribution is 2.31. The second-order valence-electron chi connectivity index (χ2n) is 6.71. The van der Waals surface area contributed by atoms with Crippen LogP contribution in [-0.4, -0.2) is 26.0 Å². The lowest BCUT2D eigenvalue weighted by Crippen LogP contribution is -2.43. The Bertz CT molecular complexity index is 582. The van der Waals surface area contributed by atoms with Gasteiger partial charge < -0.3 is 0 Å². The summed E-state index contributed by atoms with van der Waals surface area (Å²) in [7, 11) is -3.11. The van der Waals surface area contributed by atoms with E-state index in [0.29, 0.717) is 11.8 Å². The highest BCUT2D eigenvalue weighted by Gasteiger charge is 2.28. The van der Waals surface area contributed by atoms with Crippen LogP contribution >= 0.6 is 11.8 Å². The minimum Gasteiger partial charge on any atom is -0.212 e. The molecule has 0 amide bonds. The molecule has 1 aromatic rings. The van der Waals surface area contributed by atoms with Crippen LogP contribution in [0.1, 0.15) is 57.9 Å². The molecule has 130 valence electrons. The Morgan fingerprint density at radius 1 is 1.17 bits per heavy atom. The van der Waals surface area contributed by atoms with Gasteiger partial charge in [-0.2, -0.15) is 0 Å². The van der Waals surface area contributed by atoms with E-state index < -0.39 is 10.0 Å². The maximum absolute atomic E-state index is 11.9. The third-order valence-electron chi connectivity index (χ3n) is 4.63. The summed E-state index contributed by atoms with van der Waals surface area (Å²) in [6.07, 6.45) is 4.42. The molecule has 0 unspecified atom stereocenters. The first-order chi connectivity index (χ1) is 10.9. The fourth-order valence-corrected chi connectivity index (χ4v) is 5.10. The molecule has 1 fully saturated rings. The first-order valence-corrected chi connectivity index (χ1v) is 11.3. The predicted molar refractivity (Wildman–Crippen MR) is 99.6 cm³/mol. The Balaban J connectivity index is 1.94. The minimum atomic E-state index is -3.11. The molecule has 0 spiro atoms. The van der Waals surface area contributed by atoms with Crippen molar-refractivity contribution in [1.29, 1.82) is 0 Å². The van der Waals surface area contributed by atoms with E-state index in [4.69, 9.17) is 0 Å². The number of thioether (sulfide) groups is 1. The highest BCUT2D eigenvalue weighted by atomic mass is 32.2. The van der Waals surface area contributed by atoms with Gasteiger partial charge in [0.05, 0.1) is 5.75 Å². The Kier molecular flexibility index (Phi) is 6.99. The standard InChI is InChI=1S/C18H29NO2S2/c1-4-23(20,21)19-18-8-6-5-7-16(18)13-22-17-11-9-15(10-12-17)14(2)3/h9-12,14,16,18-19H,4-8,13H2,1-3H3/t16-,18+/m1/s1. The maximum Gasteiger partial charge on any atom is 0.211 e. The van der Waals surface area contributed by atoms with Gasteiger partial charge in [-0.05, 0) is 49.3 Å². The SMILES string of the molecule is CCS(=O)(=O)N[C@H]1CCCC[C@@H]1CSc1ccc(C(C)C)cc1. The van der Waals surface area contributed by atoms with Crippen LogP contribution in [0, 0.1) is 5.92 Å². The monoisotopic (exact) mass is 355 g/mol. The molecule has 2 atom stereocenters. The van der Waals surface area contributed by atoms with Crippen molar-refractivity contribution in [2.45, 2.75) is 63.3 Å². The number of hydrogen-bond donors (Lipinski definition) is 1. The summed E-state index contributed by atoms with van der Waals surface area (Å²) in [5, 5.41) is 0. The first kappa shape index (κ1) is 18.8. The first-order valence-electron chi connectivity index (χ1n) is 8.64. The molecule has 1 aliphatic carbocycles. The van der Waals surface area contributed by atoms with E-state index >= 15 is 0 Å². The lowest BCUT2D eigenvalue weighted by Gasteiger charge is -2.31. The fraction of sp³-hybridized carbons (Fsp3) is 0.667. The highest BCUT2D eigenvalue weighted by molar-refractivity contribution is 7.99. The number of nitrogens with one attached hydrogen (secondary N) is 1. The molecule has 0 bridgehead atoms. The van der Waals surface area contributed by atoms with E-state index in [-0.39, 0.29) is 11.8 Å². The van der Waals surface area contributed by atoms with Crippen LogP contribution in [-0.2, 0) is 10.0 Å². The van der Waals surface area contributed by atoms with E-state index in [1.165, 1.54) is 16.9 Å². The fourth-order valence-electron chi connectivity index (χ4n) is 3.03. The molecule has 2 rings (SSSR count). The third kappa shape index (κ3) is 5.80. The topological polar surface area (TPSA) is 46.2 Å². The largest absolute Gasteiger partial charge is 0.212 e. The molecule has 0 radical (unpaired) electrons. The van der Waals surface area contributed by atoms with Crippen molar-refractivity contribution in [2.24, 2.45) is 5.92 Å². The van der Waals surface area contributed by atoms with Crippen LogP contribution in [0.3, 0.4) is 0 Å². The quantitative estimate of drug-likeness (QED) is 0.737. The van der Waals surface area contributed by atoms with Gasteiger partial charge >= 0.3 is 0 Å². The summed E-state index contributed by atoms with van der Waals surface area (Å²) in [6, 6.07) is 8.88. The van der Waals surface area contributed by atoms with Crippen molar-refractivity contribution >= 4 is 21.8 Å². The van der Waals surface area contributed by atoms with Gasteiger partial charge in [0.1, 0.15) is 0 Å². The number of rotatable bonds is 7. The molecule has 0 heterocycles.